The first kappa shape index (κ1) is 19.9. The number of hydrogen-bond acceptors (Lipinski definition) is 3. The molecule has 0 aliphatic carbocycles. The van der Waals surface area contributed by atoms with Crippen LogP contribution in [0.15, 0.2) is 29.3 Å². The third-order valence-corrected chi connectivity index (χ3v) is 3.90. The highest BCUT2D eigenvalue weighted by Gasteiger charge is 2.22. The number of rotatable bonds is 6. The van der Waals surface area contributed by atoms with Crippen LogP contribution in [0.25, 0.3) is 0 Å². The lowest BCUT2D eigenvalue weighted by Gasteiger charge is -2.19. The maximum Gasteiger partial charge on any atom is 0.191 e. The van der Waals surface area contributed by atoms with Gasteiger partial charge in [-0.25, -0.2) is 0 Å². The summed E-state index contributed by atoms with van der Waals surface area (Å²) in [6.45, 7) is 8.99. The molecule has 1 unspecified atom stereocenters. The average molecular weight is 432 g/mol. The monoisotopic (exact) mass is 432 g/mol. The fraction of sp³-hybridized carbons (Fsp3) is 0.588. The second-order valence-electron chi connectivity index (χ2n) is 5.55. The summed E-state index contributed by atoms with van der Waals surface area (Å²) >= 11 is 0. The first-order valence-electron chi connectivity index (χ1n) is 8.18. The lowest BCUT2D eigenvalue weighted by molar-refractivity contribution is 0.415. The Morgan fingerprint density at radius 1 is 1.30 bits per heavy atom. The van der Waals surface area contributed by atoms with Gasteiger partial charge in [0.25, 0.3) is 0 Å². The topological polar surface area (TPSA) is 48.9 Å². The summed E-state index contributed by atoms with van der Waals surface area (Å²) in [6.07, 6.45) is 1.19. The minimum atomic E-state index is 0. The molecule has 0 spiro atoms. The predicted molar refractivity (Wildman–Crippen MR) is 108 cm³/mol. The summed E-state index contributed by atoms with van der Waals surface area (Å²) in [5.74, 6) is 2.45. The Balaban J connectivity index is 0.00000264. The standard InChI is InChI=1S/C17H28N4O.HI/c1-4-18-17(19-5-2)20-12-14-9-10-21(13-14)15-7-6-8-16(11-15)22-3;/h6-8,11,14H,4-5,9-10,12-13H2,1-3H3,(H2,18,19,20);1H. The van der Waals surface area contributed by atoms with Crippen molar-refractivity contribution in [3.63, 3.8) is 0 Å². The second kappa shape index (κ2) is 10.6. The normalized spacial score (nSPS) is 16.5. The van der Waals surface area contributed by atoms with E-state index < -0.39 is 0 Å². The highest BCUT2D eigenvalue weighted by Crippen LogP contribution is 2.26. The molecule has 130 valence electrons. The smallest absolute Gasteiger partial charge is 0.191 e. The summed E-state index contributed by atoms with van der Waals surface area (Å²) in [5, 5.41) is 6.55. The van der Waals surface area contributed by atoms with Crippen LogP contribution in [0, 0.1) is 5.92 Å². The molecule has 1 aliphatic rings. The number of aliphatic imine (C=N–C) groups is 1. The van der Waals surface area contributed by atoms with Gasteiger partial charge in [-0.1, -0.05) is 6.07 Å². The van der Waals surface area contributed by atoms with Crippen molar-refractivity contribution >= 4 is 35.6 Å². The molecule has 0 aromatic heterocycles. The van der Waals surface area contributed by atoms with Crippen LogP contribution in [0.5, 0.6) is 5.75 Å². The minimum Gasteiger partial charge on any atom is -0.497 e. The van der Waals surface area contributed by atoms with Gasteiger partial charge in [0.05, 0.1) is 7.11 Å². The Morgan fingerprint density at radius 3 is 2.70 bits per heavy atom. The summed E-state index contributed by atoms with van der Waals surface area (Å²) < 4.78 is 5.31. The van der Waals surface area contributed by atoms with Crippen LogP contribution in [-0.2, 0) is 0 Å². The van der Waals surface area contributed by atoms with Gasteiger partial charge in [0.15, 0.2) is 5.96 Å². The summed E-state index contributed by atoms with van der Waals surface area (Å²) in [5.41, 5.74) is 1.24. The highest BCUT2D eigenvalue weighted by atomic mass is 127. The fourth-order valence-corrected chi connectivity index (χ4v) is 2.75. The number of anilines is 1. The van der Waals surface area contributed by atoms with E-state index in [1.807, 2.05) is 12.1 Å². The van der Waals surface area contributed by atoms with Crippen LogP contribution < -0.4 is 20.3 Å². The van der Waals surface area contributed by atoms with E-state index in [0.717, 1.165) is 44.4 Å². The quantitative estimate of drug-likeness (QED) is 0.413. The number of halogens is 1. The Morgan fingerprint density at radius 2 is 2.04 bits per heavy atom. The van der Waals surface area contributed by atoms with Crippen LogP contribution in [0.3, 0.4) is 0 Å². The third kappa shape index (κ3) is 6.08. The molecule has 0 amide bonds. The molecule has 1 atom stereocenters. The van der Waals surface area contributed by atoms with Crippen molar-refractivity contribution in [2.75, 3.05) is 44.7 Å². The van der Waals surface area contributed by atoms with Crippen molar-refractivity contribution in [2.24, 2.45) is 10.9 Å². The maximum absolute atomic E-state index is 5.31. The molecule has 0 radical (unpaired) electrons. The van der Waals surface area contributed by atoms with Gasteiger partial charge in [0, 0.05) is 44.5 Å². The fourth-order valence-electron chi connectivity index (χ4n) is 2.75. The van der Waals surface area contributed by atoms with Crippen LogP contribution in [-0.4, -0.2) is 45.8 Å². The molecule has 1 fully saturated rings. The maximum atomic E-state index is 5.31. The number of guanidine groups is 1. The third-order valence-electron chi connectivity index (χ3n) is 3.90. The largest absolute Gasteiger partial charge is 0.497 e. The van der Waals surface area contributed by atoms with E-state index in [9.17, 15) is 0 Å². The van der Waals surface area contributed by atoms with E-state index in [1.165, 1.54) is 12.1 Å². The second-order valence-corrected chi connectivity index (χ2v) is 5.55. The summed E-state index contributed by atoms with van der Waals surface area (Å²) in [4.78, 5) is 7.11. The van der Waals surface area contributed by atoms with Gasteiger partial charge in [-0.05, 0) is 38.3 Å². The molecule has 2 rings (SSSR count). The zero-order valence-corrected chi connectivity index (χ0v) is 16.7. The van der Waals surface area contributed by atoms with Gasteiger partial charge >= 0.3 is 0 Å². The molecule has 6 heteroatoms. The van der Waals surface area contributed by atoms with Gasteiger partial charge in [-0.15, -0.1) is 24.0 Å². The van der Waals surface area contributed by atoms with Crippen molar-refractivity contribution in [3.8, 4) is 5.75 Å². The van der Waals surface area contributed by atoms with E-state index in [1.54, 1.807) is 7.11 Å². The van der Waals surface area contributed by atoms with Crippen LogP contribution >= 0.6 is 24.0 Å². The first-order valence-corrected chi connectivity index (χ1v) is 8.18. The SMILES string of the molecule is CCNC(=NCC1CCN(c2cccc(OC)c2)C1)NCC.I. The molecule has 1 saturated heterocycles. The van der Waals surface area contributed by atoms with Gasteiger partial charge in [-0.3, -0.25) is 4.99 Å². The summed E-state index contributed by atoms with van der Waals surface area (Å²) in [7, 11) is 1.71. The Bertz CT molecular complexity index is 487. The lowest BCUT2D eigenvalue weighted by atomic mass is 10.1. The van der Waals surface area contributed by atoms with Crippen molar-refractivity contribution in [3.05, 3.63) is 24.3 Å². The van der Waals surface area contributed by atoms with Crippen molar-refractivity contribution in [1.82, 2.24) is 10.6 Å². The number of ether oxygens (including phenoxy) is 1. The number of nitrogens with zero attached hydrogens (tertiary/aromatic N) is 2. The van der Waals surface area contributed by atoms with E-state index in [4.69, 9.17) is 9.73 Å². The van der Waals surface area contributed by atoms with Gasteiger partial charge in [0.2, 0.25) is 0 Å². The zero-order valence-electron chi connectivity index (χ0n) is 14.3. The molecule has 0 bridgehead atoms. The van der Waals surface area contributed by atoms with E-state index in [-0.39, 0.29) is 24.0 Å². The number of benzene rings is 1. The molecule has 0 saturated carbocycles. The summed E-state index contributed by atoms with van der Waals surface area (Å²) in [6, 6.07) is 8.29. The first-order chi connectivity index (χ1) is 10.8. The Kier molecular flexibility index (Phi) is 9.13. The zero-order chi connectivity index (χ0) is 15.8. The van der Waals surface area contributed by atoms with E-state index in [2.05, 4.69) is 41.5 Å². The molecule has 1 aromatic carbocycles. The number of nitrogens with one attached hydrogen (secondary N) is 2. The number of hydrogen-bond donors (Lipinski definition) is 2. The van der Waals surface area contributed by atoms with Crippen LogP contribution in [0.2, 0.25) is 0 Å². The Hall–Kier alpha value is -1.18. The molecule has 23 heavy (non-hydrogen) atoms. The van der Waals surface area contributed by atoms with Crippen LogP contribution in [0.4, 0.5) is 5.69 Å². The van der Waals surface area contributed by atoms with Gasteiger partial charge in [-0.2, -0.15) is 0 Å². The predicted octanol–water partition coefficient (Wildman–Crippen LogP) is 2.71. The lowest BCUT2D eigenvalue weighted by Crippen LogP contribution is -2.37. The van der Waals surface area contributed by atoms with Crippen molar-refractivity contribution < 1.29 is 4.74 Å². The van der Waals surface area contributed by atoms with Crippen LogP contribution in [0.1, 0.15) is 20.3 Å². The molecular weight excluding hydrogens is 403 g/mol. The molecule has 1 heterocycles. The van der Waals surface area contributed by atoms with Gasteiger partial charge in [0.1, 0.15) is 5.75 Å². The molecular formula is C17H29IN4O. The minimum absolute atomic E-state index is 0. The van der Waals surface area contributed by atoms with Crippen molar-refractivity contribution in [2.45, 2.75) is 20.3 Å². The van der Waals surface area contributed by atoms with E-state index in [0.29, 0.717) is 5.92 Å². The molecule has 1 aromatic rings. The van der Waals surface area contributed by atoms with Gasteiger partial charge < -0.3 is 20.3 Å². The number of methoxy groups -OCH3 is 1. The average Bonchev–Trinajstić information content (AvgIpc) is 3.02. The van der Waals surface area contributed by atoms with Crippen molar-refractivity contribution in [1.29, 1.82) is 0 Å². The Labute approximate surface area is 156 Å². The molecule has 5 nitrogen and oxygen atoms in total. The molecule has 1 aliphatic heterocycles. The van der Waals surface area contributed by atoms with E-state index >= 15 is 0 Å². The highest BCUT2D eigenvalue weighted by molar-refractivity contribution is 14.0. The molecule has 2 N–H and O–H groups in total.